The van der Waals surface area contributed by atoms with Crippen LogP contribution in [-0.4, -0.2) is 32.1 Å². The molecule has 0 aliphatic carbocycles. The maximum absolute atomic E-state index is 12.4. The van der Waals surface area contributed by atoms with Crippen LogP contribution in [0.25, 0.3) is 0 Å². The molecule has 0 saturated carbocycles. The Kier molecular flexibility index (Phi) is 9.73. The van der Waals surface area contributed by atoms with Crippen LogP contribution < -0.4 is 15.2 Å². The van der Waals surface area contributed by atoms with Crippen molar-refractivity contribution < 1.29 is 36.6 Å². The molecule has 0 saturated heterocycles. The quantitative estimate of drug-likeness (QED) is 0.244. The molecule has 6 nitrogen and oxygen atoms in total. The van der Waals surface area contributed by atoms with Crippen LogP contribution >= 0.6 is 15.9 Å². The van der Waals surface area contributed by atoms with Gasteiger partial charge >= 0.3 is 13.2 Å². The molecule has 0 aromatic heterocycles. The lowest BCUT2D eigenvalue weighted by Gasteiger charge is -2.27. The van der Waals surface area contributed by atoms with Gasteiger partial charge in [-0.2, -0.15) is 17.6 Å². The number of hydrogen-bond donors (Lipinski definition) is 1. The Balaban J connectivity index is 0.000000244. The van der Waals surface area contributed by atoms with E-state index in [0.717, 1.165) is 38.6 Å². The number of aryl methyl sites for hydroxylation is 2. The van der Waals surface area contributed by atoms with Gasteiger partial charge in [0.25, 0.3) is 6.02 Å². The molecule has 38 heavy (non-hydrogen) atoms. The highest BCUT2D eigenvalue weighted by molar-refractivity contribution is 9.10. The Hall–Kier alpha value is -3.60. The molecule has 4 rings (SSSR count). The number of alkyl halides is 4. The summed E-state index contributed by atoms with van der Waals surface area (Å²) in [7, 11) is 0. The average Bonchev–Trinajstić information content (AvgIpc) is 3.23. The predicted octanol–water partition coefficient (Wildman–Crippen LogP) is 6.29. The van der Waals surface area contributed by atoms with Gasteiger partial charge in [0.1, 0.15) is 24.4 Å². The number of halogens is 5. The Labute approximate surface area is 225 Å². The van der Waals surface area contributed by atoms with Crippen molar-refractivity contribution in [1.29, 1.82) is 0 Å². The van der Waals surface area contributed by atoms with E-state index in [4.69, 9.17) is 10.5 Å². The number of nitrogens with zero attached hydrogens (tertiary/aromatic N) is 1. The second-order valence-corrected chi connectivity index (χ2v) is 9.22. The number of aliphatic imine (C=N–C) groups is 1. The van der Waals surface area contributed by atoms with Crippen LogP contribution in [0.15, 0.2) is 70.1 Å². The second-order valence-electron chi connectivity index (χ2n) is 8.30. The number of ether oxygens (including phenoxy) is 3. The lowest BCUT2D eigenvalue weighted by molar-refractivity contribution is -0.107. The Morgan fingerprint density at radius 2 is 1.63 bits per heavy atom. The predicted molar refractivity (Wildman–Crippen MR) is 138 cm³/mol. The molecule has 1 atom stereocenters. The zero-order valence-electron chi connectivity index (χ0n) is 20.5. The van der Waals surface area contributed by atoms with E-state index in [0.29, 0.717) is 6.42 Å². The Morgan fingerprint density at radius 3 is 2.13 bits per heavy atom. The minimum atomic E-state index is -2.86. The standard InChI is InChI=1S/C17H15BrF2N2O2.C10H10F2O2/c1-10-7-13(24-15(19)20)5-6-14(10)17(9-23-16(21)22-17)11-3-2-4-12(18)8-11;1-7-6-9(14-10(11)12)3-2-8(7)4-5-13/h2-8,15H,9H2,1H3,(H2,21,22);2-3,5-6,10H,4H2,1H3. The van der Waals surface area contributed by atoms with Crippen molar-refractivity contribution in [3.63, 3.8) is 0 Å². The number of benzene rings is 3. The smallest absolute Gasteiger partial charge is 0.387 e. The van der Waals surface area contributed by atoms with Crippen molar-refractivity contribution in [2.45, 2.75) is 39.0 Å². The molecule has 202 valence electrons. The summed E-state index contributed by atoms with van der Waals surface area (Å²) in [5, 5.41) is 0. The van der Waals surface area contributed by atoms with E-state index >= 15 is 0 Å². The average molecular weight is 597 g/mol. The summed E-state index contributed by atoms with van der Waals surface area (Å²) in [5.74, 6) is 0.221. The third kappa shape index (κ3) is 7.25. The van der Waals surface area contributed by atoms with Gasteiger partial charge in [-0.3, -0.25) is 0 Å². The summed E-state index contributed by atoms with van der Waals surface area (Å²) < 4.78 is 63.4. The summed E-state index contributed by atoms with van der Waals surface area (Å²) in [5.41, 5.74) is 9.01. The number of carbonyl (C=O) groups excluding carboxylic acids is 1. The summed E-state index contributed by atoms with van der Waals surface area (Å²) in [6.45, 7) is -1.87. The van der Waals surface area contributed by atoms with E-state index in [1.54, 1.807) is 25.1 Å². The van der Waals surface area contributed by atoms with Gasteiger partial charge in [-0.25, -0.2) is 4.99 Å². The first kappa shape index (κ1) is 29.0. The molecule has 1 aliphatic heterocycles. The SMILES string of the molecule is Cc1cc(OC(F)F)ccc1C1(c2cccc(Br)c2)COC(N)=N1.Cc1cc(OC(F)F)ccc1CC=O. The second kappa shape index (κ2) is 12.8. The maximum Gasteiger partial charge on any atom is 0.387 e. The molecule has 1 heterocycles. The number of nitrogens with two attached hydrogens (primary N) is 1. The van der Waals surface area contributed by atoms with E-state index in [9.17, 15) is 22.4 Å². The number of amidine groups is 1. The number of rotatable bonds is 8. The molecule has 11 heteroatoms. The highest BCUT2D eigenvalue weighted by Gasteiger charge is 2.41. The molecular weight excluding hydrogens is 572 g/mol. The number of aldehydes is 1. The van der Waals surface area contributed by atoms with E-state index in [2.05, 4.69) is 30.4 Å². The first-order chi connectivity index (χ1) is 18.0. The molecule has 0 spiro atoms. The van der Waals surface area contributed by atoms with E-state index in [1.165, 1.54) is 18.2 Å². The van der Waals surface area contributed by atoms with Crippen LogP contribution in [-0.2, 0) is 21.5 Å². The van der Waals surface area contributed by atoms with E-state index in [1.807, 2.05) is 31.2 Å². The molecule has 3 aromatic carbocycles. The third-order valence-corrected chi connectivity index (χ3v) is 6.24. The van der Waals surface area contributed by atoms with Crippen molar-refractivity contribution in [2.75, 3.05) is 6.61 Å². The van der Waals surface area contributed by atoms with Gasteiger partial charge < -0.3 is 24.7 Å². The van der Waals surface area contributed by atoms with Crippen LogP contribution in [0.2, 0.25) is 0 Å². The zero-order valence-corrected chi connectivity index (χ0v) is 22.1. The molecule has 0 bridgehead atoms. The summed E-state index contributed by atoms with van der Waals surface area (Å²) in [4.78, 5) is 14.8. The summed E-state index contributed by atoms with van der Waals surface area (Å²) in [6.07, 6.45) is 1.07. The van der Waals surface area contributed by atoms with Gasteiger partial charge in [-0.15, -0.1) is 0 Å². The van der Waals surface area contributed by atoms with Gasteiger partial charge in [0.15, 0.2) is 5.54 Å². The Morgan fingerprint density at radius 1 is 1.00 bits per heavy atom. The summed E-state index contributed by atoms with van der Waals surface area (Å²) in [6, 6.07) is 17.1. The van der Waals surface area contributed by atoms with Crippen molar-refractivity contribution in [3.05, 3.63) is 93.0 Å². The topological polar surface area (TPSA) is 83.1 Å². The molecule has 1 unspecified atom stereocenters. The Bertz CT molecular complexity index is 1310. The first-order valence-corrected chi connectivity index (χ1v) is 12.1. The summed E-state index contributed by atoms with van der Waals surface area (Å²) >= 11 is 3.45. The zero-order chi connectivity index (χ0) is 27.9. The molecule has 2 N–H and O–H groups in total. The van der Waals surface area contributed by atoms with Crippen LogP contribution in [0.5, 0.6) is 11.5 Å². The van der Waals surface area contributed by atoms with Crippen LogP contribution in [0.4, 0.5) is 17.6 Å². The van der Waals surface area contributed by atoms with Crippen LogP contribution in [0, 0.1) is 13.8 Å². The first-order valence-electron chi connectivity index (χ1n) is 11.3. The van der Waals surface area contributed by atoms with Crippen LogP contribution in [0.1, 0.15) is 27.8 Å². The van der Waals surface area contributed by atoms with Gasteiger partial charge in [0.05, 0.1) is 0 Å². The monoisotopic (exact) mass is 596 g/mol. The van der Waals surface area contributed by atoms with Crippen molar-refractivity contribution >= 4 is 28.2 Å². The lowest BCUT2D eigenvalue weighted by atomic mass is 9.82. The van der Waals surface area contributed by atoms with Gasteiger partial charge in [0.2, 0.25) is 0 Å². The number of hydrogen-bond acceptors (Lipinski definition) is 6. The fourth-order valence-electron chi connectivity index (χ4n) is 4.06. The largest absolute Gasteiger partial charge is 0.462 e. The number of carbonyl (C=O) groups is 1. The van der Waals surface area contributed by atoms with Gasteiger partial charge in [-0.1, -0.05) is 40.2 Å². The molecule has 0 fully saturated rings. The van der Waals surface area contributed by atoms with Gasteiger partial charge in [0, 0.05) is 10.9 Å². The third-order valence-electron chi connectivity index (χ3n) is 5.74. The van der Waals surface area contributed by atoms with Gasteiger partial charge in [-0.05, 0) is 78.1 Å². The maximum atomic E-state index is 12.4. The normalized spacial score (nSPS) is 16.4. The fourth-order valence-corrected chi connectivity index (χ4v) is 4.46. The molecule has 0 amide bonds. The van der Waals surface area contributed by atoms with Crippen molar-refractivity contribution in [3.8, 4) is 11.5 Å². The van der Waals surface area contributed by atoms with E-state index < -0.39 is 18.8 Å². The van der Waals surface area contributed by atoms with Crippen molar-refractivity contribution in [1.82, 2.24) is 0 Å². The molecule has 1 aliphatic rings. The fraction of sp³-hybridized carbons (Fsp3) is 0.259. The minimum Gasteiger partial charge on any atom is -0.462 e. The lowest BCUT2D eigenvalue weighted by Crippen LogP contribution is -2.28. The molecular formula is C27H25BrF4N2O4. The highest BCUT2D eigenvalue weighted by Crippen LogP contribution is 2.40. The molecule has 0 radical (unpaired) electrons. The minimum absolute atomic E-state index is 0.0993. The van der Waals surface area contributed by atoms with Crippen molar-refractivity contribution in [2.24, 2.45) is 10.7 Å². The van der Waals surface area contributed by atoms with Crippen LogP contribution in [0.3, 0.4) is 0 Å². The molecule has 3 aromatic rings. The highest BCUT2D eigenvalue weighted by atomic mass is 79.9. The van der Waals surface area contributed by atoms with E-state index in [-0.39, 0.29) is 24.1 Å².